The van der Waals surface area contributed by atoms with Crippen LogP contribution < -0.4 is 5.73 Å². The van der Waals surface area contributed by atoms with Gasteiger partial charge in [0.25, 0.3) is 0 Å². The second-order valence-electron chi connectivity index (χ2n) is 4.13. The van der Waals surface area contributed by atoms with Crippen molar-refractivity contribution in [1.82, 2.24) is 0 Å². The average molecular weight is 254 g/mol. The lowest BCUT2D eigenvalue weighted by Crippen LogP contribution is -2.15. The lowest BCUT2D eigenvalue weighted by Gasteiger charge is -2.10. The molecule has 1 aliphatic heterocycles. The molecule has 0 aliphatic carbocycles. The molecular formula is C12H15FN2O3. The van der Waals surface area contributed by atoms with E-state index in [0.29, 0.717) is 24.3 Å². The summed E-state index contributed by atoms with van der Waals surface area (Å²) in [6.07, 6.45) is 0.906. The number of ether oxygens (including phenoxy) is 2. The minimum atomic E-state index is -0.444. The van der Waals surface area contributed by atoms with E-state index in [1.165, 1.54) is 12.1 Å². The topological polar surface area (TPSA) is 77.1 Å². The predicted molar refractivity (Wildman–Crippen MR) is 62.9 cm³/mol. The number of benzene rings is 1. The Hall–Kier alpha value is -1.66. The Kier molecular flexibility index (Phi) is 4.11. The van der Waals surface area contributed by atoms with Crippen LogP contribution in [-0.2, 0) is 16.1 Å². The Bertz CT molecular complexity index is 445. The molecule has 0 radical (unpaired) electrons. The molecule has 0 aromatic heterocycles. The van der Waals surface area contributed by atoms with Crippen LogP contribution in [0.25, 0.3) is 0 Å². The van der Waals surface area contributed by atoms with Gasteiger partial charge in [-0.3, -0.25) is 0 Å². The highest BCUT2D eigenvalue weighted by Crippen LogP contribution is 2.14. The van der Waals surface area contributed by atoms with E-state index in [9.17, 15) is 4.39 Å². The van der Waals surface area contributed by atoms with Gasteiger partial charge in [0.05, 0.1) is 19.3 Å². The Morgan fingerprint density at radius 1 is 1.56 bits per heavy atom. The average Bonchev–Trinajstić information content (AvgIpc) is 2.88. The standard InChI is InChI=1S/C12H15FN2O3/c13-10-4-8(3-9(5-10)12(14)15-16)6-18-11-1-2-17-7-11/h3-5,11,16H,1-2,6-7H2,(H2,14,15). The molecule has 6 heteroatoms. The summed E-state index contributed by atoms with van der Waals surface area (Å²) >= 11 is 0. The molecule has 0 saturated carbocycles. The summed E-state index contributed by atoms with van der Waals surface area (Å²) in [6, 6.07) is 4.20. The third-order valence-electron chi connectivity index (χ3n) is 2.73. The first-order chi connectivity index (χ1) is 8.69. The van der Waals surface area contributed by atoms with E-state index in [1.807, 2.05) is 0 Å². The molecule has 1 aromatic rings. The van der Waals surface area contributed by atoms with Gasteiger partial charge in [-0.05, 0) is 30.2 Å². The molecule has 98 valence electrons. The fourth-order valence-electron chi connectivity index (χ4n) is 1.80. The summed E-state index contributed by atoms with van der Waals surface area (Å²) in [4.78, 5) is 0. The number of oxime groups is 1. The van der Waals surface area contributed by atoms with Gasteiger partial charge in [-0.15, -0.1) is 0 Å². The van der Waals surface area contributed by atoms with E-state index in [4.69, 9.17) is 20.4 Å². The molecule has 0 bridgehead atoms. The van der Waals surface area contributed by atoms with Gasteiger partial charge in [0, 0.05) is 12.2 Å². The summed E-state index contributed by atoms with van der Waals surface area (Å²) < 4.78 is 24.1. The van der Waals surface area contributed by atoms with Crippen molar-refractivity contribution in [3.8, 4) is 0 Å². The van der Waals surface area contributed by atoms with Crippen LogP contribution in [0.5, 0.6) is 0 Å². The van der Waals surface area contributed by atoms with Crippen molar-refractivity contribution in [3.05, 3.63) is 35.1 Å². The maximum atomic E-state index is 13.4. The van der Waals surface area contributed by atoms with Crippen LogP contribution in [0, 0.1) is 5.82 Å². The van der Waals surface area contributed by atoms with Crippen LogP contribution in [0.2, 0.25) is 0 Å². The zero-order chi connectivity index (χ0) is 13.0. The predicted octanol–water partition coefficient (Wildman–Crippen LogP) is 1.23. The number of rotatable bonds is 4. The molecule has 5 nitrogen and oxygen atoms in total. The fraction of sp³-hybridized carbons (Fsp3) is 0.417. The molecule has 1 heterocycles. The number of halogens is 1. The summed E-state index contributed by atoms with van der Waals surface area (Å²) in [5, 5.41) is 11.4. The summed E-state index contributed by atoms with van der Waals surface area (Å²) in [5.41, 5.74) is 6.40. The van der Waals surface area contributed by atoms with Gasteiger partial charge in [0.2, 0.25) is 0 Å². The van der Waals surface area contributed by atoms with E-state index < -0.39 is 5.82 Å². The van der Waals surface area contributed by atoms with E-state index in [1.54, 1.807) is 6.07 Å². The second kappa shape index (κ2) is 5.79. The number of hydrogen-bond acceptors (Lipinski definition) is 4. The molecule has 1 saturated heterocycles. The summed E-state index contributed by atoms with van der Waals surface area (Å²) in [7, 11) is 0. The van der Waals surface area contributed by atoms with Gasteiger partial charge in [-0.1, -0.05) is 5.16 Å². The van der Waals surface area contributed by atoms with Crippen molar-refractivity contribution in [3.63, 3.8) is 0 Å². The van der Waals surface area contributed by atoms with Crippen molar-refractivity contribution in [2.24, 2.45) is 10.9 Å². The van der Waals surface area contributed by atoms with Crippen molar-refractivity contribution in [1.29, 1.82) is 0 Å². The molecule has 3 N–H and O–H groups in total. The van der Waals surface area contributed by atoms with Gasteiger partial charge in [-0.2, -0.15) is 0 Å². The Morgan fingerprint density at radius 3 is 3.06 bits per heavy atom. The number of hydrogen-bond donors (Lipinski definition) is 2. The van der Waals surface area contributed by atoms with Crippen LogP contribution in [0.3, 0.4) is 0 Å². The van der Waals surface area contributed by atoms with Crippen LogP contribution >= 0.6 is 0 Å². The van der Waals surface area contributed by atoms with Crippen LogP contribution in [0.4, 0.5) is 4.39 Å². The largest absolute Gasteiger partial charge is 0.409 e. The van der Waals surface area contributed by atoms with Crippen LogP contribution in [0.1, 0.15) is 17.5 Å². The monoisotopic (exact) mass is 254 g/mol. The Morgan fingerprint density at radius 2 is 2.39 bits per heavy atom. The second-order valence-corrected chi connectivity index (χ2v) is 4.13. The molecular weight excluding hydrogens is 239 g/mol. The third kappa shape index (κ3) is 3.18. The summed E-state index contributed by atoms with van der Waals surface area (Å²) in [6.45, 7) is 1.54. The Balaban J connectivity index is 2.05. The minimum Gasteiger partial charge on any atom is -0.409 e. The maximum absolute atomic E-state index is 13.4. The van der Waals surface area contributed by atoms with E-state index >= 15 is 0 Å². The van der Waals surface area contributed by atoms with Gasteiger partial charge >= 0.3 is 0 Å². The van der Waals surface area contributed by atoms with Gasteiger partial charge in [0.15, 0.2) is 5.84 Å². The lowest BCUT2D eigenvalue weighted by molar-refractivity contribution is 0.0316. The molecule has 2 rings (SSSR count). The van der Waals surface area contributed by atoms with Gasteiger partial charge < -0.3 is 20.4 Å². The highest BCUT2D eigenvalue weighted by molar-refractivity contribution is 5.97. The highest BCUT2D eigenvalue weighted by atomic mass is 19.1. The van der Waals surface area contributed by atoms with Crippen molar-refractivity contribution in [2.45, 2.75) is 19.1 Å². The Labute approximate surface area is 104 Å². The first-order valence-corrected chi connectivity index (χ1v) is 5.66. The molecule has 18 heavy (non-hydrogen) atoms. The van der Waals surface area contributed by atoms with E-state index in [2.05, 4.69) is 5.16 Å². The smallest absolute Gasteiger partial charge is 0.170 e. The molecule has 1 unspecified atom stereocenters. The zero-order valence-corrected chi connectivity index (χ0v) is 9.80. The molecule has 1 atom stereocenters. The van der Waals surface area contributed by atoms with Crippen molar-refractivity contribution in [2.75, 3.05) is 13.2 Å². The quantitative estimate of drug-likeness (QED) is 0.366. The normalized spacial score (nSPS) is 20.3. The first kappa shape index (κ1) is 12.8. The van der Waals surface area contributed by atoms with Gasteiger partial charge in [0.1, 0.15) is 5.82 Å². The van der Waals surface area contributed by atoms with Crippen LogP contribution in [-0.4, -0.2) is 30.4 Å². The maximum Gasteiger partial charge on any atom is 0.170 e. The molecule has 0 amide bonds. The minimum absolute atomic E-state index is 0.0561. The highest BCUT2D eigenvalue weighted by Gasteiger charge is 2.16. The molecule has 1 fully saturated rings. The summed E-state index contributed by atoms with van der Waals surface area (Å²) in [5.74, 6) is -0.569. The number of nitrogens with two attached hydrogens (primary N) is 1. The first-order valence-electron chi connectivity index (χ1n) is 5.66. The lowest BCUT2D eigenvalue weighted by atomic mass is 10.1. The zero-order valence-electron chi connectivity index (χ0n) is 9.80. The molecule has 1 aliphatic rings. The molecule has 0 spiro atoms. The van der Waals surface area contributed by atoms with Crippen molar-refractivity contribution >= 4 is 5.84 Å². The van der Waals surface area contributed by atoms with E-state index in [-0.39, 0.29) is 18.5 Å². The van der Waals surface area contributed by atoms with Crippen LogP contribution in [0.15, 0.2) is 23.4 Å². The van der Waals surface area contributed by atoms with Gasteiger partial charge in [-0.25, -0.2) is 4.39 Å². The third-order valence-corrected chi connectivity index (χ3v) is 2.73. The molecule has 1 aromatic carbocycles. The fourth-order valence-corrected chi connectivity index (χ4v) is 1.80. The van der Waals surface area contributed by atoms with E-state index in [0.717, 1.165) is 6.42 Å². The number of amidine groups is 1. The number of nitrogens with zero attached hydrogens (tertiary/aromatic N) is 1. The SMILES string of the molecule is N/C(=N/O)c1cc(F)cc(COC2CCOC2)c1. The van der Waals surface area contributed by atoms with Crippen molar-refractivity contribution < 1.29 is 19.1 Å².